The number of hydrogen-bond donors (Lipinski definition) is 0. The van der Waals surface area contributed by atoms with Crippen molar-refractivity contribution < 1.29 is 0 Å². The molecular weight excluding hydrogens is 623 g/mol. The Balaban J connectivity index is 1.30. The van der Waals surface area contributed by atoms with Crippen molar-refractivity contribution in [1.82, 2.24) is 24.5 Å². The molecule has 0 fully saturated rings. The van der Waals surface area contributed by atoms with Crippen LogP contribution >= 0.6 is 0 Å². The van der Waals surface area contributed by atoms with Crippen LogP contribution in [-0.2, 0) is 0 Å². The van der Waals surface area contributed by atoms with Gasteiger partial charge in [0.25, 0.3) is 0 Å². The summed E-state index contributed by atoms with van der Waals surface area (Å²) < 4.78 is 2.36. The molecule has 0 aliphatic heterocycles. The fourth-order valence-electron chi connectivity index (χ4n) is 7.30. The van der Waals surface area contributed by atoms with Crippen molar-refractivity contribution in [3.05, 3.63) is 176 Å². The second-order valence-corrected chi connectivity index (χ2v) is 12.7. The molecule has 7 aromatic carbocycles. The zero-order valence-corrected chi connectivity index (χ0v) is 27.5. The van der Waals surface area contributed by atoms with Crippen LogP contribution in [0.4, 0.5) is 0 Å². The number of aromatic nitrogens is 5. The van der Waals surface area contributed by atoms with Crippen LogP contribution < -0.4 is 0 Å². The Morgan fingerprint density at radius 1 is 0.333 bits per heavy atom. The third-order valence-electron chi connectivity index (χ3n) is 9.61. The Morgan fingerprint density at radius 3 is 1.51 bits per heavy atom. The summed E-state index contributed by atoms with van der Waals surface area (Å²) in [5, 5.41) is 5.80. The summed E-state index contributed by atoms with van der Waals surface area (Å²) >= 11 is 0. The Bertz CT molecular complexity index is 2830. The predicted molar refractivity (Wildman–Crippen MR) is 209 cm³/mol. The van der Waals surface area contributed by atoms with Gasteiger partial charge >= 0.3 is 0 Å². The summed E-state index contributed by atoms with van der Waals surface area (Å²) in [5.41, 5.74) is 9.14. The van der Waals surface area contributed by atoms with Gasteiger partial charge in [0.15, 0.2) is 17.5 Å². The van der Waals surface area contributed by atoms with Gasteiger partial charge in [0.05, 0.1) is 22.2 Å². The highest BCUT2D eigenvalue weighted by molar-refractivity contribution is 6.29. The van der Waals surface area contributed by atoms with Gasteiger partial charge in [-0.2, -0.15) is 0 Å². The molecule has 0 saturated carbocycles. The maximum absolute atomic E-state index is 5.22. The lowest BCUT2D eigenvalue weighted by Gasteiger charge is -2.12. The molecule has 10 aromatic rings. The Labute approximate surface area is 294 Å². The van der Waals surface area contributed by atoms with Crippen molar-refractivity contribution in [2.75, 3.05) is 0 Å². The fourth-order valence-corrected chi connectivity index (χ4v) is 7.30. The van der Waals surface area contributed by atoms with E-state index in [0.717, 1.165) is 66.3 Å². The van der Waals surface area contributed by atoms with Crippen molar-refractivity contribution in [2.24, 2.45) is 0 Å². The highest BCUT2D eigenvalue weighted by atomic mass is 15.0. The number of benzene rings is 7. The molecule has 0 aliphatic carbocycles. The summed E-state index contributed by atoms with van der Waals surface area (Å²) in [6.45, 7) is 0. The van der Waals surface area contributed by atoms with E-state index in [4.69, 9.17) is 19.9 Å². The van der Waals surface area contributed by atoms with Crippen molar-refractivity contribution in [3.8, 4) is 51.1 Å². The van der Waals surface area contributed by atoms with E-state index in [1.165, 1.54) is 10.8 Å². The highest BCUT2D eigenvalue weighted by Crippen LogP contribution is 2.43. The van der Waals surface area contributed by atoms with Crippen LogP contribution in [0.2, 0.25) is 0 Å². The van der Waals surface area contributed by atoms with E-state index in [-0.39, 0.29) is 0 Å². The maximum Gasteiger partial charge on any atom is 0.164 e. The van der Waals surface area contributed by atoms with Gasteiger partial charge in [-0.25, -0.2) is 19.9 Å². The Morgan fingerprint density at radius 2 is 0.863 bits per heavy atom. The average molecular weight is 652 g/mol. The van der Waals surface area contributed by atoms with Crippen LogP contribution in [0.15, 0.2) is 176 Å². The minimum Gasteiger partial charge on any atom is -0.309 e. The summed E-state index contributed by atoms with van der Waals surface area (Å²) in [7, 11) is 0. The largest absolute Gasteiger partial charge is 0.309 e. The van der Waals surface area contributed by atoms with E-state index in [2.05, 4.69) is 114 Å². The van der Waals surface area contributed by atoms with Crippen LogP contribution in [0.25, 0.3) is 94.6 Å². The zero-order chi connectivity index (χ0) is 33.7. The monoisotopic (exact) mass is 651 g/mol. The molecule has 0 N–H and O–H groups in total. The van der Waals surface area contributed by atoms with Crippen LogP contribution in [0, 0.1) is 0 Å². The highest BCUT2D eigenvalue weighted by Gasteiger charge is 2.21. The van der Waals surface area contributed by atoms with Gasteiger partial charge in [0.1, 0.15) is 0 Å². The summed E-state index contributed by atoms with van der Waals surface area (Å²) in [6.07, 6.45) is 0. The van der Waals surface area contributed by atoms with Gasteiger partial charge in [0.2, 0.25) is 0 Å². The molecule has 3 heterocycles. The van der Waals surface area contributed by atoms with Crippen LogP contribution in [-0.4, -0.2) is 24.5 Å². The SMILES string of the molecule is c1ccc(-c2nc(-c3ccccc3)nc(-c3ccc4c5c6c(ccc5n(-c5ccccc5)c4c3)c(-c3ccccc3)nc3ccccc36)n2)cc1. The normalized spacial score (nSPS) is 11.5. The number of hydrogen-bond acceptors (Lipinski definition) is 4. The molecule has 238 valence electrons. The third-order valence-corrected chi connectivity index (χ3v) is 9.61. The van der Waals surface area contributed by atoms with Gasteiger partial charge in [-0.15, -0.1) is 0 Å². The van der Waals surface area contributed by atoms with Crippen molar-refractivity contribution in [2.45, 2.75) is 0 Å². The quantitative estimate of drug-likeness (QED) is 0.174. The standard InChI is InChI=1S/C46H29N5/c1-5-15-30(16-6-1)43-37-27-28-39-42(41(37)35-23-13-14-24-38(35)47-43)36-26-25-33(29-40(36)51(39)34-21-11-4-12-22-34)46-49-44(31-17-7-2-8-18-31)48-45(50-46)32-19-9-3-10-20-32/h1-29H. The maximum atomic E-state index is 5.22. The van der Waals surface area contributed by atoms with E-state index < -0.39 is 0 Å². The van der Waals surface area contributed by atoms with Crippen molar-refractivity contribution in [3.63, 3.8) is 0 Å². The van der Waals surface area contributed by atoms with Gasteiger partial charge in [-0.3, -0.25) is 0 Å². The number of fused-ring (bicyclic) bond motifs is 7. The molecular formula is C46H29N5. The molecule has 0 amide bonds. The first-order valence-electron chi connectivity index (χ1n) is 17.1. The van der Waals surface area contributed by atoms with E-state index >= 15 is 0 Å². The minimum absolute atomic E-state index is 0.625. The molecule has 0 saturated heterocycles. The smallest absolute Gasteiger partial charge is 0.164 e. The topological polar surface area (TPSA) is 56.5 Å². The Kier molecular flexibility index (Phi) is 6.74. The van der Waals surface area contributed by atoms with E-state index in [9.17, 15) is 0 Å². The molecule has 3 aromatic heterocycles. The Hall–Kier alpha value is -6.98. The fraction of sp³-hybridized carbons (Fsp3) is 0. The lowest BCUT2D eigenvalue weighted by Crippen LogP contribution is -2.00. The number of pyridine rings is 1. The average Bonchev–Trinajstić information content (AvgIpc) is 3.55. The van der Waals surface area contributed by atoms with Crippen molar-refractivity contribution >= 4 is 43.5 Å². The second kappa shape index (κ2) is 11.9. The van der Waals surface area contributed by atoms with Gasteiger partial charge in [-0.1, -0.05) is 146 Å². The lowest BCUT2D eigenvalue weighted by atomic mass is 9.96. The molecule has 0 radical (unpaired) electrons. The summed E-state index contributed by atoms with van der Waals surface area (Å²) in [5.74, 6) is 1.91. The van der Waals surface area contributed by atoms with Gasteiger partial charge in [0, 0.05) is 54.9 Å². The first-order chi connectivity index (χ1) is 25.3. The molecule has 10 rings (SSSR count). The first kappa shape index (κ1) is 29.0. The summed E-state index contributed by atoms with van der Waals surface area (Å²) in [4.78, 5) is 20.3. The van der Waals surface area contributed by atoms with Crippen LogP contribution in [0.3, 0.4) is 0 Å². The van der Waals surface area contributed by atoms with Gasteiger partial charge in [-0.05, 0) is 30.3 Å². The first-order valence-corrected chi connectivity index (χ1v) is 17.1. The molecule has 0 atom stereocenters. The van der Waals surface area contributed by atoms with Crippen LogP contribution in [0.5, 0.6) is 0 Å². The van der Waals surface area contributed by atoms with Crippen LogP contribution in [0.1, 0.15) is 0 Å². The van der Waals surface area contributed by atoms with E-state index in [1.54, 1.807) is 0 Å². The van der Waals surface area contributed by atoms with Crippen molar-refractivity contribution in [1.29, 1.82) is 0 Å². The number of para-hydroxylation sites is 2. The zero-order valence-electron chi connectivity index (χ0n) is 27.5. The lowest BCUT2D eigenvalue weighted by molar-refractivity contribution is 1.07. The minimum atomic E-state index is 0.625. The predicted octanol–water partition coefficient (Wildman–Crippen LogP) is 11.3. The molecule has 5 heteroatoms. The van der Waals surface area contributed by atoms with E-state index in [0.29, 0.717) is 17.5 Å². The molecule has 5 nitrogen and oxygen atoms in total. The van der Waals surface area contributed by atoms with Gasteiger partial charge < -0.3 is 4.57 Å². The summed E-state index contributed by atoms with van der Waals surface area (Å²) in [6, 6.07) is 60.9. The molecule has 51 heavy (non-hydrogen) atoms. The number of nitrogens with zero attached hydrogens (tertiary/aromatic N) is 5. The second-order valence-electron chi connectivity index (χ2n) is 12.7. The molecule has 0 unspecified atom stereocenters. The molecule has 0 aliphatic rings. The molecule has 0 spiro atoms. The molecule has 0 bridgehead atoms. The number of rotatable bonds is 5. The third kappa shape index (κ3) is 4.86. The van der Waals surface area contributed by atoms with E-state index in [1.807, 2.05) is 66.7 Å².